The zero-order valence-corrected chi connectivity index (χ0v) is 14.9. The summed E-state index contributed by atoms with van der Waals surface area (Å²) in [6.07, 6.45) is 0.788. The first-order valence-electron chi connectivity index (χ1n) is 8.40. The lowest BCUT2D eigenvalue weighted by atomic mass is 10.0. The third kappa shape index (κ3) is 5.60. The molecule has 2 aromatic rings. The first-order chi connectivity index (χ1) is 12.5. The van der Waals surface area contributed by atoms with Gasteiger partial charge in [0.15, 0.2) is 0 Å². The highest BCUT2D eigenvalue weighted by molar-refractivity contribution is 5.87. The van der Waals surface area contributed by atoms with Gasteiger partial charge in [-0.1, -0.05) is 42.5 Å². The summed E-state index contributed by atoms with van der Waals surface area (Å²) >= 11 is 0. The van der Waals surface area contributed by atoms with Crippen LogP contribution in [0.3, 0.4) is 0 Å². The number of phenolic OH excluding ortho intramolecular Hbond substituents is 1. The van der Waals surface area contributed by atoms with Gasteiger partial charge in [0.2, 0.25) is 5.91 Å². The molecule has 138 valence electrons. The van der Waals surface area contributed by atoms with E-state index in [0.717, 1.165) is 11.1 Å². The Labute approximate surface area is 153 Å². The lowest BCUT2D eigenvalue weighted by Gasteiger charge is -2.21. The van der Waals surface area contributed by atoms with Crippen LogP contribution in [0.25, 0.3) is 0 Å². The summed E-state index contributed by atoms with van der Waals surface area (Å²) < 4.78 is 4.82. The maximum absolute atomic E-state index is 12.6. The second-order valence-corrected chi connectivity index (χ2v) is 5.99. The number of carbonyl (C=O) groups excluding carboxylic acids is 2. The Morgan fingerprint density at radius 3 is 2.12 bits per heavy atom. The Kier molecular flexibility index (Phi) is 7.17. The van der Waals surface area contributed by atoms with Crippen LogP contribution in [-0.4, -0.2) is 43.2 Å². The standard InChI is InChI=1S/C20H24N2O4/c1-21-17(12-14-6-4-3-5-7-14)19(24)22-18(20(25)26-2)13-15-8-10-16(23)11-9-15/h3-11,17-18,21,23H,12-13H2,1-2H3,(H,22,24)/t17-,18-/m0/s1. The lowest BCUT2D eigenvalue weighted by Crippen LogP contribution is -2.51. The van der Waals surface area contributed by atoms with Crippen LogP contribution in [0.2, 0.25) is 0 Å². The van der Waals surface area contributed by atoms with Crippen molar-refractivity contribution >= 4 is 11.9 Å². The number of hydrogen-bond acceptors (Lipinski definition) is 5. The van der Waals surface area contributed by atoms with Gasteiger partial charge in [-0.2, -0.15) is 0 Å². The molecule has 6 heteroatoms. The molecule has 0 bridgehead atoms. The highest BCUT2D eigenvalue weighted by Gasteiger charge is 2.26. The number of rotatable bonds is 8. The number of hydrogen-bond donors (Lipinski definition) is 3. The van der Waals surface area contributed by atoms with Crippen molar-refractivity contribution in [2.24, 2.45) is 0 Å². The Morgan fingerprint density at radius 1 is 0.962 bits per heavy atom. The van der Waals surface area contributed by atoms with E-state index in [2.05, 4.69) is 10.6 Å². The molecular weight excluding hydrogens is 332 g/mol. The van der Waals surface area contributed by atoms with Crippen LogP contribution in [0.15, 0.2) is 54.6 Å². The number of carbonyl (C=O) groups is 2. The summed E-state index contributed by atoms with van der Waals surface area (Å²) in [6.45, 7) is 0. The molecule has 3 N–H and O–H groups in total. The third-order valence-corrected chi connectivity index (χ3v) is 4.13. The van der Waals surface area contributed by atoms with Gasteiger partial charge in [0.05, 0.1) is 13.2 Å². The van der Waals surface area contributed by atoms with Gasteiger partial charge >= 0.3 is 5.97 Å². The van der Waals surface area contributed by atoms with Crippen LogP contribution in [0.4, 0.5) is 0 Å². The number of likely N-dealkylation sites (N-methyl/N-ethyl adjacent to an activating group) is 1. The molecule has 0 saturated heterocycles. The average Bonchev–Trinajstić information content (AvgIpc) is 2.67. The SMILES string of the molecule is CN[C@@H](Cc1ccccc1)C(=O)N[C@@H](Cc1ccc(O)cc1)C(=O)OC. The number of esters is 1. The van der Waals surface area contributed by atoms with Crippen molar-refractivity contribution in [3.63, 3.8) is 0 Å². The number of aromatic hydroxyl groups is 1. The summed E-state index contributed by atoms with van der Waals surface area (Å²) in [5, 5.41) is 15.1. The number of ether oxygens (including phenoxy) is 1. The molecule has 6 nitrogen and oxygen atoms in total. The lowest BCUT2D eigenvalue weighted by molar-refractivity contribution is -0.145. The van der Waals surface area contributed by atoms with E-state index in [9.17, 15) is 14.7 Å². The Morgan fingerprint density at radius 2 is 1.54 bits per heavy atom. The van der Waals surface area contributed by atoms with Crippen molar-refractivity contribution in [3.05, 3.63) is 65.7 Å². The van der Waals surface area contributed by atoms with Crippen LogP contribution >= 0.6 is 0 Å². The highest BCUT2D eigenvalue weighted by Crippen LogP contribution is 2.12. The van der Waals surface area contributed by atoms with Crippen LogP contribution in [0.1, 0.15) is 11.1 Å². The monoisotopic (exact) mass is 356 g/mol. The van der Waals surface area contributed by atoms with E-state index in [1.165, 1.54) is 19.2 Å². The van der Waals surface area contributed by atoms with E-state index in [4.69, 9.17) is 4.74 Å². The molecular formula is C20H24N2O4. The Hall–Kier alpha value is -2.86. The highest BCUT2D eigenvalue weighted by atomic mass is 16.5. The molecule has 0 spiro atoms. The molecule has 0 aliphatic heterocycles. The minimum absolute atomic E-state index is 0.144. The van der Waals surface area contributed by atoms with Gasteiger partial charge < -0.3 is 20.5 Å². The van der Waals surface area contributed by atoms with Crippen LogP contribution in [0.5, 0.6) is 5.75 Å². The van der Waals surface area contributed by atoms with E-state index in [1.54, 1.807) is 19.2 Å². The van der Waals surface area contributed by atoms with Crippen molar-refractivity contribution in [3.8, 4) is 5.75 Å². The molecule has 26 heavy (non-hydrogen) atoms. The van der Waals surface area contributed by atoms with E-state index in [0.29, 0.717) is 6.42 Å². The zero-order chi connectivity index (χ0) is 18.9. The molecule has 0 fully saturated rings. The Bertz CT molecular complexity index is 716. The molecule has 0 unspecified atom stereocenters. The second-order valence-electron chi connectivity index (χ2n) is 5.99. The second kappa shape index (κ2) is 9.58. The normalized spacial score (nSPS) is 12.8. The molecule has 2 atom stereocenters. The van der Waals surface area contributed by atoms with Crippen molar-refractivity contribution < 1.29 is 19.4 Å². The van der Waals surface area contributed by atoms with Gasteiger partial charge in [-0.3, -0.25) is 4.79 Å². The number of phenols is 1. The predicted octanol–water partition coefficient (Wildman–Crippen LogP) is 1.42. The van der Waals surface area contributed by atoms with E-state index in [1.807, 2.05) is 30.3 Å². The Balaban J connectivity index is 2.06. The molecule has 0 heterocycles. The summed E-state index contributed by atoms with van der Waals surface area (Å²) in [4.78, 5) is 24.7. The summed E-state index contributed by atoms with van der Waals surface area (Å²) in [6, 6.07) is 14.9. The van der Waals surface area contributed by atoms with Crippen molar-refractivity contribution in [2.75, 3.05) is 14.2 Å². The topological polar surface area (TPSA) is 87.7 Å². The van der Waals surface area contributed by atoms with Gasteiger partial charge in [0, 0.05) is 6.42 Å². The van der Waals surface area contributed by atoms with E-state index < -0.39 is 18.1 Å². The molecule has 0 saturated carbocycles. The predicted molar refractivity (Wildman–Crippen MR) is 98.8 cm³/mol. The number of benzene rings is 2. The van der Waals surface area contributed by atoms with Crippen LogP contribution in [-0.2, 0) is 27.2 Å². The van der Waals surface area contributed by atoms with Gasteiger partial charge in [-0.15, -0.1) is 0 Å². The number of methoxy groups -OCH3 is 1. The molecule has 2 aromatic carbocycles. The fourth-order valence-corrected chi connectivity index (χ4v) is 2.65. The largest absolute Gasteiger partial charge is 0.508 e. The van der Waals surface area contributed by atoms with E-state index >= 15 is 0 Å². The fraction of sp³-hybridized carbons (Fsp3) is 0.300. The van der Waals surface area contributed by atoms with Crippen molar-refractivity contribution in [1.29, 1.82) is 0 Å². The number of amides is 1. The summed E-state index contributed by atoms with van der Waals surface area (Å²) in [5.74, 6) is -0.642. The molecule has 0 aliphatic rings. The fourth-order valence-electron chi connectivity index (χ4n) is 2.65. The van der Waals surface area contributed by atoms with Crippen molar-refractivity contribution in [1.82, 2.24) is 10.6 Å². The first-order valence-corrected chi connectivity index (χ1v) is 8.40. The molecule has 0 radical (unpaired) electrons. The van der Waals surface area contributed by atoms with Crippen LogP contribution in [0, 0.1) is 0 Å². The van der Waals surface area contributed by atoms with Crippen molar-refractivity contribution in [2.45, 2.75) is 24.9 Å². The summed E-state index contributed by atoms with van der Waals surface area (Å²) in [5.41, 5.74) is 1.83. The zero-order valence-electron chi connectivity index (χ0n) is 14.9. The maximum atomic E-state index is 12.6. The molecule has 2 rings (SSSR count). The minimum Gasteiger partial charge on any atom is -0.508 e. The molecule has 1 amide bonds. The van der Waals surface area contributed by atoms with Crippen LogP contribution < -0.4 is 10.6 Å². The first kappa shape index (κ1) is 19.5. The molecule has 0 aromatic heterocycles. The van der Waals surface area contributed by atoms with E-state index in [-0.39, 0.29) is 18.1 Å². The van der Waals surface area contributed by atoms with Gasteiger partial charge in [-0.05, 0) is 36.7 Å². The minimum atomic E-state index is -0.802. The average molecular weight is 356 g/mol. The molecule has 0 aliphatic carbocycles. The van der Waals surface area contributed by atoms with Gasteiger partial charge in [-0.25, -0.2) is 4.79 Å². The third-order valence-electron chi connectivity index (χ3n) is 4.13. The smallest absolute Gasteiger partial charge is 0.328 e. The quantitative estimate of drug-likeness (QED) is 0.623. The summed E-state index contributed by atoms with van der Waals surface area (Å²) in [7, 11) is 3.00. The maximum Gasteiger partial charge on any atom is 0.328 e. The van der Waals surface area contributed by atoms with Gasteiger partial charge in [0.25, 0.3) is 0 Å². The van der Waals surface area contributed by atoms with Gasteiger partial charge in [0.1, 0.15) is 11.8 Å². The number of nitrogens with one attached hydrogen (secondary N) is 2.